The fourth-order valence-electron chi connectivity index (χ4n) is 3.93. The summed E-state index contributed by atoms with van der Waals surface area (Å²) in [4.78, 5) is 12.7. The summed E-state index contributed by atoms with van der Waals surface area (Å²) in [6, 6.07) is 11.0. The van der Waals surface area contributed by atoms with Gasteiger partial charge in [0.15, 0.2) is 0 Å². The zero-order chi connectivity index (χ0) is 14.7. The maximum atomic E-state index is 12.7. The van der Waals surface area contributed by atoms with Crippen molar-refractivity contribution in [2.75, 3.05) is 6.54 Å². The number of carbonyl (C=O) groups excluding carboxylic acids is 1. The van der Waals surface area contributed by atoms with E-state index in [2.05, 4.69) is 41.8 Å². The highest BCUT2D eigenvalue weighted by Crippen LogP contribution is 2.39. The minimum Gasteiger partial charge on any atom is -0.346 e. The molecule has 2 aliphatic rings. The molecule has 0 aromatic heterocycles. The van der Waals surface area contributed by atoms with Gasteiger partial charge < -0.3 is 10.6 Å². The molecule has 1 amide bonds. The molecule has 0 unspecified atom stereocenters. The van der Waals surface area contributed by atoms with Crippen LogP contribution in [0.5, 0.6) is 0 Å². The average molecular weight is 286 g/mol. The molecule has 1 saturated heterocycles. The van der Waals surface area contributed by atoms with Gasteiger partial charge in [0.05, 0.1) is 5.54 Å². The zero-order valence-corrected chi connectivity index (χ0v) is 12.9. The summed E-state index contributed by atoms with van der Waals surface area (Å²) in [5.41, 5.74) is 1.16. The standard InChI is InChI=1S/C18H26N2O/c1-14-13-15(9-12-19-14)17(21)20-18(10-5-6-11-18)16-7-3-2-4-8-16/h2-4,7-8,14-15,19H,5-6,9-13H2,1H3,(H,20,21)/t14-,15-/m0/s1. The first-order valence-electron chi connectivity index (χ1n) is 8.30. The number of piperidine rings is 1. The molecule has 1 aromatic rings. The maximum Gasteiger partial charge on any atom is 0.223 e. The van der Waals surface area contributed by atoms with Crippen molar-refractivity contribution in [1.82, 2.24) is 10.6 Å². The molecule has 21 heavy (non-hydrogen) atoms. The zero-order valence-electron chi connectivity index (χ0n) is 12.9. The van der Waals surface area contributed by atoms with E-state index < -0.39 is 0 Å². The van der Waals surface area contributed by atoms with E-state index in [-0.39, 0.29) is 17.4 Å². The maximum absolute atomic E-state index is 12.7. The Bertz CT molecular complexity index is 479. The first-order chi connectivity index (χ1) is 10.2. The van der Waals surface area contributed by atoms with Gasteiger partial charge in [0.2, 0.25) is 5.91 Å². The van der Waals surface area contributed by atoms with E-state index in [0.29, 0.717) is 6.04 Å². The van der Waals surface area contributed by atoms with E-state index in [1.807, 2.05) is 6.07 Å². The number of amides is 1. The Hall–Kier alpha value is -1.35. The molecule has 1 heterocycles. The highest BCUT2D eigenvalue weighted by atomic mass is 16.2. The van der Waals surface area contributed by atoms with Gasteiger partial charge in [-0.25, -0.2) is 0 Å². The van der Waals surface area contributed by atoms with Gasteiger partial charge in [-0.05, 0) is 44.7 Å². The van der Waals surface area contributed by atoms with Crippen LogP contribution in [0.25, 0.3) is 0 Å². The first kappa shape index (κ1) is 14.6. The summed E-state index contributed by atoms with van der Waals surface area (Å²) in [5, 5.41) is 6.85. The minimum atomic E-state index is -0.119. The van der Waals surface area contributed by atoms with E-state index in [4.69, 9.17) is 0 Å². The summed E-state index contributed by atoms with van der Waals surface area (Å²) in [5.74, 6) is 0.427. The van der Waals surface area contributed by atoms with Gasteiger partial charge in [0, 0.05) is 12.0 Å². The van der Waals surface area contributed by atoms with E-state index in [1.54, 1.807) is 0 Å². The van der Waals surface area contributed by atoms with Crippen LogP contribution in [0.3, 0.4) is 0 Å². The van der Waals surface area contributed by atoms with Gasteiger partial charge in [-0.1, -0.05) is 43.2 Å². The molecule has 3 heteroatoms. The average Bonchev–Trinajstić information content (AvgIpc) is 2.98. The lowest BCUT2D eigenvalue weighted by Gasteiger charge is -2.35. The third kappa shape index (κ3) is 3.13. The second-order valence-corrected chi connectivity index (χ2v) is 6.72. The van der Waals surface area contributed by atoms with Crippen molar-refractivity contribution in [3.8, 4) is 0 Å². The molecule has 114 valence electrons. The Labute approximate surface area is 127 Å². The Morgan fingerprint density at radius 2 is 1.95 bits per heavy atom. The molecule has 0 bridgehead atoms. The van der Waals surface area contributed by atoms with Crippen LogP contribution in [0, 0.1) is 5.92 Å². The van der Waals surface area contributed by atoms with Gasteiger partial charge in [0.1, 0.15) is 0 Å². The SMILES string of the molecule is C[C@H]1C[C@@H](C(=O)NC2(c3ccccc3)CCCC2)CCN1. The second kappa shape index (κ2) is 6.18. The molecule has 2 N–H and O–H groups in total. The summed E-state index contributed by atoms with van der Waals surface area (Å²) in [6.45, 7) is 3.12. The number of carbonyl (C=O) groups is 1. The molecular weight excluding hydrogens is 260 g/mol. The van der Waals surface area contributed by atoms with Crippen molar-refractivity contribution in [2.45, 2.75) is 57.0 Å². The summed E-state index contributed by atoms with van der Waals surface area (Å²) in [7, 11) is 0. The Morgan fingerprint density at radius 3 is 2.62 bits per heavy atom. The highest BCUT2D eigenvalue weighted by molar-refractivity contribution is 5.80. The van der Waals surface area contributed by atoms with Crippen molar-refractivity contribution in [3.05, 3.63) is 35.9 Å². The Morgan fingerprint density at radius 1 is 1.24 bits per heavy atom. The fraction of sp³-hybridized carbons (Fsp3) is 0.611. The van der Waals surface area contributed by atoms with Crippen LogP contribution in [0.1, 0.15) is 51.0 Å². The highest BCUT2D eigenvalue weighted by Gasteiger charge is 2.38. The fourth-order valence-corrected chi connectivity index (χ4v) is 3.93. The quantitative estimate of drug-likeness (QED) is 0.897. The lowest BCUT2D eigenvalue weighted by molar-refractivity contribution is -0.128. The molecule has 0 radical (unpaired) electrons. The van der Waals surface area contributed by atoms with Crippen LogP contribution in [-0.2, 0) is 10.3 Å². The summed E-state index contributed by atoms with van der Waals surface area (Å²) in [6.07, 6.45) is 6.47. The van der Waals surface area contributed by atoms with E-state index in [0.717, 1.165) is 32.2 Å². The Kier molecular flexibility index (Phi) is 4.29. The van der Waals surface area contributed by atoms with Crippen LogP contribution >= 0.6 is 0 Å². The smallest absolute Gasteiger partial charge is 0.223 e. The number of hydrogen-bond donors (Lipinski definition) is 2. The molecule has 1 aliphatic carbocycles. The normalized spacial score (nSPS) is 28.2. The number of rotatable bonds is 3. The summed E-state index contributed by atoms with van der Waals surface area (Å²) >= 11 is 0. The largest absolute Gasteiger partial charge is 0.346 e. The molecule has 2 fully saturated rings. The molecule has 1 aliphatic heterocycles. The predicted molar refractivity (Wildman–Crippen MR) is 84.9 cm³/mol. The van der Waals surface area contributed by atoms with Crippen molar-refractivity contribution < 1.29 is 4.79 Å². The number of nitrogens with one attached hydrogen (secondary N) is 2. The van der Waals surface area contributed by atoms with Crippen molar-refractivity contribution >= 4 is 5.91 Å². The van der Waals surface area contributed by atoms with E-state index in [1.165, 1.54) is 18.4 Å². The van der Waals surface area contributed by atoms with Gasteiger partial charge >= 0.3 is 0 Å². The van der Waals surface area contributed by atoms with E-state index >= 15 is 0 Å². The van der Waals surface area contributed by atoms with Crippen LogP contribution in [0.2, 0.25) is 0 Å². The van der Waals surface area contributed by atoms with Crippen LogP contribution in [0.15, 0.2) is 30.3 Å². The van der Waals surface area contributed by atoms with Crippen molar-refractivity contribution in [2.24, 2.45) is 5.92 Å². The molecule has 3 nitrogen and oxygen atoms in total. The first-order valence-corrected chi connectivity index (χ1v) is 8.30. The third-order valence-corrected chi connectivity index (χ3v) is 5.14. The Balaban J connectivity index is 1.75. The molecule has 2 atom stereocenters. The lowest BCUT2D eigenvalue weighted by atomic mass is 9.86. The molecule has 1 saturated carbocycles. The van der Waals surface area contributed by atoms with Crippen molar-refractivity contribution in [3.63, 3.8) is 0 Å². The lowest BCUT2D eigenvalue weighted by Crippen LogP contribution is -2.49. The van der Waals surface area contributed by atoms with Crippen LogP contribution in [0.4, 0.5) is 0 Å². The molecule has 3 rings (SSSR count). The van der Waals surface area contributed by atoms with Gasteiger partial charge in [0.25, 0.3) is 0 Å². The molecule has 1 aromatic carbocycles. The predicted octanol–water partition coefficient (Wildman–Crippen LogP) is 2.96. The minimum absolute atomic E-state index is 0.119. The topological polar surface area (TPSA) is 41.1 Å². The van der Waals surface area contributed by atoms with Crippen LogP contribution in [-0.4, -0.2) is 18.5 Å². The van der Waals surface area contributed by atoms with Gasteiger partial charge in [-0.3, -0.25) is 4.79 Å². The molecule has 0 spiro atoms. The van der Waals surface area contributed by atoms with E-state index in [9.17, 15) is 4.79 Å². The third-order valence-electron chi connectivity index (χ3n) is 5.14. The van der Waals surface area contributed by atoms with Crippen molar-refractivity contribution in [1.29, 1.82) is 0 Å². The number of benzene rings is 1. The molecular formula is C18H26N2O. The van der Waals surface area contributed by atoms with Gasteiger partial charge in [-0.2, -0.15) is 0 Å². The van der Waals surface area contributed by atoms with Gasteiger partial charge in [-0.15, -0.1) is 0 Å². The number of hydrogen-bond acceptors (Lipinski definition) is 2. The summed E-state index contributed by atoms with van der Waals surface area (Å²) < 4.78 is 0. The van der Waals surface area contributed by atoms with Crippen LogP contribution < -0.4 is 10.6 Å². The monoisotopic (exact) mass is 286 g/mol. The second-order valence-electron chi connectivity index (χ2n) is 6.72.